The maximum absolute atomic E-state index is 6.18. The fourth-order valence-corrected chi connectivity index (χ4v) is 3.85. The van der Waals surface area contributed by atoms with Gasteiger partial charge in [0.05, 0.1) is 21.0 Å². The van der Waals surface area contributed by atoms with Gasteiger partial charge in [-0.1, -0.05) is 59.2 Å². The summed E-state index contributed by atoms with van der Waals surface area (Å²) in [7, 11) is 1.50. The predicted octanol–water partition coefficient (Wildman–Crippen LogP) is 6.58. The molecule has 10 heteroatoms. The monoisotopic (exact) mass is 539 g/mol. The Balaban J connectivity index is 0.000000323. The fourth-order valence-electron chi connectivity index (χ4n) is 3.15. The van der Waals surface area contributed by atoms with Crippen molar-refractivity contribution in [2.24, 2.45) is 5.73 Å². The third-order valence-electron chi connectivity index (χ3n) is 4.55. The van der Waals surface area contributed by atoms with Crippen LogP contribution in [0, 0.1) is 0 Å². The number of hydrogen-bond donors (Lipinski definition) is 5. The molecule has 0 atom stereocenters. The molecule has 4 aromatic rings. The highest BCUT2D eigenvalue weighted by atomic mass is 35.5. The first kappa shape index (κ1) is 27.1. The second kappa shape index (κ2) is 13.5. The number of anilines is 2. The van der Waals surface area contributed by atoms with Gasteiger partial charge in [-0.15, -0.1) is 0 Å². The summed E-state index contributed by atoms with van der Waals surface area (Å²) >= 11 is 27.6. The molecule has 0 fully saturated rings. The molecular weight excluding hydrogens is 517 g/mol. The van der Waals surface area contributed by atoms with Gasteiger partial charge in [-0.25, -0.2) is 0 Å². The number of hydrogen-bond acceptors (Lipinski definition) is 4. The van der Waals surface area contributed by atoms with Crippen LogP contribution in [0.25, 0.3) is 21.8 Å². The summed E-state index contributed by atoms with van der Waals surface area (Å²) in [5.74, 6) is 0. The molecule has 33 heavy (non-hydrogen) atoms. The molecule has 5 nitrogen and oxygen atoms in total. The number of rotatable bonds is 6. The zero-order valence-corrected chi connectivity index (χ0v) is 21.7. The van der Waals surface area contributed by atoms with Gasteiger partial charge in [-0.3, -0.25) is 0 Å². The van der Waals surface area contributed by atoms with Crippen molar-refractivity contribution in [3.63, 3.8) is 0 Å². The van der Waals surface area contributed by atoms with Gasteiger partial charge in [-0.2, -0.15) is 0 Å². The summed E-state index contributed by atoms with van der Waals surface area (Å²) in [4.78, 5) is 3.44. The normalized spacial score (nSPS) is 9.97. The van der Waals surface area contributed by atoms with Gasteiger partial charge >= 0.3 is 0 Å². The first-order chi connectivity index (χ1) is 15.9. The number of nitrogens with two attached hydrogens (primary N) is 2. The number of aromatic amines is 1. The Hall–Kier alpha value is -2.13. The van der Waals surface area contributed by atoms with E-state index in [0.29, 0.717) is 10.0 Å². The maximum Gasteiger partial charge on any atom is 0.0658 e. The maximum atomic E-state index is 6.18. The zero-order chi connectivity index (χ0) is 24.4. The van der Waals surface area contributed by atoms with Gasteiger partial charge < -0.3 is 27.1 Å². The van der Waals surface area contributed by atoms with Gasteiger partial charge in [0, 0.05) is 44.7 Å². The number of nitrogen functional groups attached to an aromatic ring is 1. The highest BCUT2D eigenvalue weighted by Crippen LogP contribution is 2.35. The Morgan fingerprint density at radius 2 is 1.58 bits per heavy atom. The third-order valence-corrected chi connectivity index (χ3v) is 5.81. The highest BCUT2D eigenvalue weighted by Gasteiger charge is 2.12. The van der Waals surface area contributed by atoms with Crippen molar-refractivity contribution >= 4 is 103 Å². The van der Waals surface area contributed by atoms with Gasteiger partial charge in [0.2, 0.25) is 0 Å². The lowest BCUT2D eigenvalue weighted by molar-refractivity contribution is 0.890. The van der Waals surface area contributed by atoms with E-state index >= 15 is 0 Å². The standard InChI is InChI=1S/C16H13Cl2N3S2.C6H6ClN.CH5N/c17-13-5-11-12-4-10(20-8-23)3-9(1-2-19-7-22)16(12)21-15(11)6-14(13)18;7-5-1-3-6(8)4-2-5;1-2/h3-8,21H,1-2H2,(H,19,22)(H,20,23);1-4H,8H2;2H2,1H3. The first-order valence-electron chi connectivity index (χ1n) is 9.82. The van der Waals surface area contributed by atoms with Crippen molar-refractivity contribution in [2.75, 3.05) is 24.6 Å². The minimum absolute atomic E-state index is 0.534. The minimum Gasteiger partial charge on any atom is -0.399 e. The lowest BCUT2D eigenvalue weighted by Crippen LogP contribution is -2.13. The summed E-state index contributed by atoms with van der Waals surface area (Å²) in [6, 6.07) is 14.9. The number of nitrogens with one attached hydrogen (secondary N) is 3. The van der Waals surface area contributed by atoms with Crippen LogP contribution in [-0.4, -0.2) is 29.6 Å². The van der Waals surface area contributed by atoms with E-state index in [2.05, 4.69) is 33.5 Å². The second-order valence-electron chi connectivity index (χ2n) is 6.63. The van der Waals surface area contributed by atoms with E-state index < -0.39 is 0 Å². The van der Waals surface area contributed by atoms with Gasteiger partial charge in [0.25, 0.3) is 0 Å². The average molecular weight is 541 g/mol. The molecule has 0 unspecified atom stereocenters. The van der Waals surface area contributed by atoms with E-state index in [4.69, 9.17) is 65.0 Å². The number of benzene rings is 3. The summed E-state index contributed by atoms with van der Waals surface area (Å²) < 4.78 is 0. The Kier molecular flexibility index (Phi) is 11.1. The Labute approximate surface area is 218 Å². The van der Waals surface area contributed by atoms with E-state index in [1.807, 2.05) is 12.1 Å². The van der Waals surface area contributed by atoms with Crippen molar-refractivity contribution in [2.45, 2.75) is 6.42 Å². The van der Waals surface area contributed by atoms with Crippen LogP contribution in [0.5, 0.6) is 0 Å². The molecule has 0 saturated heterocycles. The van der Waals surface area contributed by atoms with E-state index in [1.54, 1.807) is 24.3 Å². The van der Waals surface area contributed by atoms with Crippen molar-refractivity contribution in [3.05, 3.63) is 69.2 Å². The average Bonchev–Trinajstić information content (AvgIpc) is 3.16. The largest absolute Gasteiger partial charge is 0.399 e. The van der Waals surface area contributed by atoms with Crippen molar-refractivity contribution in [1.82, 2.24) is 10.3 Å². The van der Waals surface area contributed by atoms with Crippen LogP contribution < -0.4 is 22.1 Å². The van der Waals surface area contributed by atoms with E-state index in [1.165, 1.54) is 18.0 Å². The molecule has 0 radical (unpaired) electrons. The Morgan fingerprint density at radius 1 is 0.909 bits per heavy atom. The van der Waals surface area contributed by atoms with Crippen LogP contribution in [0.4, 0.5) is 11.4 Å². The predicted molar refractivity (Wildman–Crippen MR) is 154 cm³/mol. The number of H-pyrrole nitrogens is 1. The molecule has 0 saturated carbocycles. The van der Waals surface area contributed by atoms with Crippen LogP contribution >= 0.6 is 59.2 Å². The van der Waals surface area contributed by atoms with Crippen LogP contribution in [0.1, 0.15) is 5.56 Å². The van der Waals surface area contributed by atoms with Gasteiger partial charge in [-0.05, 0) is 67.6 Å². The van der Waals surface area contributed by atoms with Crippen molar-refractivity contribution < 1.29 is 0 Å². The smallest absolute Gasteiger partial charge is 0.0658 e. The topological polar surface area (TPSA) is 91.9 Å². The SMILES string of the molecule is CN.Nc1ccc(Cl)cc1.S=CNCCc1cc(NC=S)cc2c1[nH]c1cc(Cl)c(Cl)cc12. The van der Waals surface area contributed by atoms with Gasteiger partial charge in [0.1, 0.15) is 0 Å². The molecule has 7 N–H and O–H groups in total. The summed E-state index contributed by atoms with van der Waals surface area (Å²) in [6.07, 6.45) is 0.824. The second-order valence-corrected chi connectivity index (χ2v) is 8.35. The van der Waals surface area contributed by atoms with Crippen LogP contribution in [0.15, 0.2) is 48.5 Å². The lowest BCUT2D eigenvalue weighted by Gasteiger charge is -2.07. The molecule has 0 aliphatic heterocycles. The fraction of sp³-hybridized carbons (Fsp3) is 0.130. The summed E-state index contributed by atoms with van der Waals surface area (Å²) in [6.45, 7) is 0.760. The van der Waals surface area contributed by atoms with E-state index in [-0.39, 0.29) is 0 Å². The first-order valence-corrected chi connectivity index (χ1v) is 11.9. The van der Waals surface area contributed by atoms with Crippen LogP contribution in [0.3, 0.4) is 0 Å². The Bertz CT molecular complexity index is 1210. The number of aromatic nitrogens is 1. The van der Waals surface area contributed by atoms with E-state index in [0.717, 1.165) is 56.7 Å². The van der Waals surface area contributed by atoms with Crippen molar-refractivity contribution in [3.8, 4) is 0 Å². The van der Waals surface area contributed by atoms with Crippen LogP contribution in [-0.2, 0) is 6.42 Å². The number of fused-ring (bicyclic) bond motifs is 3. The zero-order valence-electron chi connectivity index (χ0n) is 17.8. The molecule has 3 aromatic carbocycles. The quantitative estimate of drug-likeness (QED) is 0.108. The molecule has 0 aliphatic rings. The molecule has 1 heterocycles. The number of thiocarbonyl (C=S) groups is 2. The van der Waals surface area contributed by atoms with E-state index in [9.17, 15) is 0 Å². The molecule has 0 amide bonds. The lowest BCUT2D eigenvalue weighted by atomic mass is 10.0. The third kappa shape index (κ3) is 7.43. The van der Waals surface area contributed by atoms with Gasteiger partial charge in [0.15, 0.2) is 0 Å². The molecule has 0 aliphatic carbocycles. The Morgan fingerprint density at radius 3 is 2.18 bits per heavy atom. The molecular formula is C23H24Cl3N5S2. The molecule has 1 aromatic heterocycles. The summed E-state index contributed by atoms with van der Waals surface area (Å²) in [5.41, 5.74) is 17.8. The van der Waals surface area contributed by atoms with Crippen molar-refractivity contribution in [1.29, 1.82) is 0 Å². The molecule has 4 rings (SSSR count). The molecule has 174 valence electrons. The van der Waals surface area contributed by atoms with Crippen LogP contribution in [0.2, 0.25) is 15.1 Å². The summed E-state index contributed by atoms with van der Waals surface area (Å²) in [5, 5.41) is 10.0. The molecule has 0 spiro atoms. The number of halogens is 3. The molecule has 0 bridgehead atoms. The highest BCUT2D eigenvalue weighted by molar-refractivity contribution is 7.79. The minimum atomic E-state index is 0.534.